The molecule has 0 spiro atoms. The van der Waals surface area contributed by atoms with E-state index < -0.39 is 6.10 Å². The third-order valence-corrected chi connectivity index (χ3v) is 4.92. The average Bonchev–Trinajstić information content (AvgIpc) is 2.59. The van der Waals surface area contributed by atoms with Crippen molar-refractivity contribution in [2.75, 3.05) is 33.3 Å². The van der Waals surface area contributed by atoms with Gasteiger partial charge in [0.1, 0.15) is 50.3 Å². The number of aliphatic hydroxyl groups is 1. The van der Waals surface area contributed by atoms with E-state index in [1.165, 1.54) is 5.56 Å². The maximum Gasteiger partial charge on any atom is 0.137 e. The van der Waals surface area contributed by atoms with Crippen molar-refractivity contribution in [3.63, 3.8) is 0 Å². The Hall–Kier alpha value is -1.15. The largest absolute Gasteiger partial charge is 1.00 e. The van der Waals surface area contributed by atoms with Crippen molar-refractivity contribution < 1.29 is 43.0 Å². The number of aliphatic hydroxyl groups excluding tert-OH is 1. The van der Waals surface area contributed by atoms with Crippen LogP contribution in [0.25, 0.3) is 11.1 Å². The van der Waals surface area contributed by atoms with E-state index in [9.17, 15) is 5.11 Å². The molecule has 4 nitrogen and oxygen atoms in total. The van der Waals surface area contributed by atoms with Gasteiger partial charge in [0.05, 0.1) is 7.05 Å². The second-order valence-corrected chi connectivity index (χ2v) is 7.78. The van der Waals surface area contributed by atoms with Crippen molar-refractivity contribution in [3.8, 4) is 16.9 Å². The summed E-state index contributed by atoms with van der Waals surface area (Å²) in [7, 11) is 2.19. The molecule has 0 amide bonds. The topological polar surface area (TPSA) is 38.7 Å². The van der Waals surface area contributed by atoms with Gasteiger partial charge in [-0.1, -0.05) is 42.5 Å². The molecule has 0 bridgehead atoms. The Kier molecular flexibility index (Phi) is 8.09. The molecule has 2 aromatic rings. The van der Waals surface area contributed by atoms with Crippen molar-refractivity contribution in [3.05, 3.63) is 54.6 Å². The van der Waals surface area contributed by atoms with E-state index in [-0.39, 0.29) is 36.2 Å². The van der Waals surface area contributed by atoms with Gasteiger partial charge in [-0.05, 0) is 37.1 Å². The molecule has 1 fully saturated rings. The lowest BCUT2D eigenvalue weighted by atomic mass is 10.1. The Morgan fingerprint density at radius 2 is 1.56 bits per heavy atom. The van der Waals surface area contributed by atoms with Gasteiger partial charge in [0.25, 0.3) is 0 Å². The van der Waals surface area contributed by atoms with Crippen LogP contribution in [-0.2, 0) is 4.74 Å². The van der Waals surface area contributed by atoms with Gasteiger partial charge >= 0.3 is 0 Å². The molecule has 1 aliphatic heterocycles. The number of hydrogen-bond donors (Lipinski definition) is 1. The molecule has 5 heteroatoms. The first kappa shape index (κ1) is 22.1. The first-order valence-corrected chi connectivity index (χ1v) is 9.39. The van der Waals surface area contributed by atoms with Crippen molar-refractivity contribution >= 4 is 0 Å². The van der Waals surface area contributed by atoms with Gasteiger partial charge in [-0.15, -0.1) is 0 Å². The summed E-state index contributed by atoms with van der Waals surface area (Å²) in [6.07, 6.45) is -0.0453. The SMILES string of the molecule is CC1C[N+](C)(CC(O)COc2ccc(-c3ccccc3)cc2)CC(C)O1.[I-]. The van der Waals surface area contributed by atoms with Crippen LogP contribution in [-0.4, -0.2) is 61.2 Å². The smallest absolute Gasteiger partial charge is 0.137 e. The number of likely N-dealkylation sites (N-methyl/N-ethyl adjacent to an activating group) is 1. The quantitative estimate of drug-likeness (QED) is 0.477. The maximum atomic E-state index is 10.5. The lowest BCUT2D eigenvalue weighted by molar-refractivity contribution is -0.926. The highest BCUT2D eigenvalue weighted by molar-refractivity contribution is 5.63. The standard InChI is InChI=1S/C22H30NO3.HI/c1-17-13-23(3,14-18(2)26-17)15-21(24)16-25-22-11-9-20(10-12-22)19-7-5-4-6-8-19;/h4-12,17-18,21,24H,13-16H2,1-3H3;1H/q+1;/p-1. The van der Waals surface area contributed by atoms with E-state index in [1.54, 1.807) is 0 Å². The number of morpholine rings is 1. The number of benzene rings is 2. The zero-order valence-corrected chi connectivity index (χ0v) is 18.5. The fourth-order valence-corrected chi connectivity index (χ4v) is 4.08. The number of halogens is 1. The van der Waals surface area contributed by atoms with Gasteiger partial charge in [0.15, 0.2) is 0 Å². The minimum atomic E-state index is -0.494. The fourth-order valence-electron chi connectivity index (χ4n) is 4.08. The minimum Gasteiger partial charge on any atom is -1.00 e. The van der Waals surface area contributed by atoms with Gasteiger partial charge in [-0.25, -0.2) is 0 Å². The van der Waals surface area contributed by atoms with Gasteiger partial charge in [0, 0.05) is 0 Å². The number of rotatable bonds is 6. The highest BCUT2D eigenvalue weighted by atomic mass is 127. The maximum absolute atomic E-state index is 10.5. The highest BCUT2D eigenvalue weighted by Gasteiger charge is 2.35. The van der Waals surface area contributed by atoms with Crippen molar-refractivity contribution in [2.24, 2.45) is 0 Å². The van der Waals surface area contributed by atoms with E-state index in [4.69, 9.17) is 9.47 Å². The van der Waals surface area contributed by atoms with E-state index in [0.717, 1.165) is 28.9 Å². The Morgan fingerprint density at radius 3 is 2.15 bits per heavy atom. The van der Waals surface area contributed by atoms with E-state index >= 15 is 0 Å². The molecule has 0 saturated carbocycles. The minimum absolute atomic E-state index is 0. The zero-order chi connectivity index (χ0) is 18.6. The summed E-state index contributed by atoms with van der Waals surface area (Å²) in [5, 5.41) is 10.5. The van der Waals surface area contributed by atoms with Crippen LogP contribution < -0.4 is 28.7 Å². The van der Waals surface area contributed by atoms with Gasteiger partial charge in [-0.3, -0.25) is 0 Å². The molecule has 3 atom stereocenters. The average molecular weight is 483 g/mol. The second-order valence-electron chi connectivity index (χ2n) is 7.78. The highest BCUT2D eigenvalue weighted by Crippen LogP contribution is 2.22. The van der Waals surface area contributed by atoms with Crippen LogP contribution in [0.5, 0.6) is 5.75 Å². The second kappa shape index (κ2) is 9.87. The molecular formula is C22H30INO3. The van der Waals surface area contributed by atoms with Crippen LogP contribution >= 0.6 is 0 Å². The monoisotopic (exact) mass is 483 g/mol. The molecule has 1 aliphatic rings. The van der Waals surface area contributed by atoms with Crippen molar-refractivity contribution in [1.29, 1.82) is 0 Å². The van der Waals surface area contributed by atoms with E-state index in [2.05, 4.69) is 45.2 Å². The van der Waals surface area contributed by atoms with E-state index in [0.29, 0.717) is 13.2 Å². The number of hydrogen-bond acceptors (Lipinski definition) is 3. The molecule has 148 valence electrons. The van der Waals surface area contributed by atoms with Crippen LogP contribution in [0, 0.1) is 0 Å². The molecule has 1 N–H and O–H groups in total. The summed E-state index contributed by atoms with van der Waals surface area (Å²) in [4.78, 5) is 0. The van der Waals surface area contributed by atoms with Crippen LogP contribution in [0.4, 0.5) is 0 Å². The Bertz CT molecular complexity index is 682. The molecule has 1 heterocycles. The van der Waals surface area contributed by atoms with Crippen molar-refractivity contribution in [2.45, 2.75) is 32.2 Å². The fraction of sp³-hybridized carbons (Fsp3) is 0.455. The van der Waals surface area contributed by atoms with Gasteiger partial charge < -0.3 is 43.0 Å². The van der Waals surface area contributed by atoms with Gasteiger partial charge in [-0.2, -0.15) is 0 Å². The lowest BCUT2D eigenvalue weighted by Gasteiger charge is -2.43. The molecule has 2 aromatic carbocycles. The normalized spacial score (nSPS) is 26.1. The molecule has 3 rings (SSSR count). The Balaban J connectivity index is 0.00000261. The first-order valence-electron chi connectivity index (χ1n) is 9.39. The molecule has 0 aliphatic carbocycles. The van der Waals surface area contributed by atoms with E-state index in [1.807, 2.05) is 30.3 Å². The van der Waals surface area contributed by atoms with Crippen LogP contribution in [0.2, 0.25) is 0 Å². The predicted octanol–water partition coefficient (Wildman–Crippen LogP) is 0.351. The molecule has 0 aromatic heterocycles. The molecule has 3 unspecified atom stereocenters. The Labute approximate surface area is 179 Å². The van der Waals surface area contributed by atoms with Crippen LogP contribution in [0.1, 0.15) is 13.8 Å². The predicted molar refractivity (Wildman–Crippen MR) is 104 cm³/mol. The lowest BCUT2D eigenvalue weighted by Crippen LogP contribution is -3.00. The summed E-state index contributed by atoms with van der Waals surface area (Å²) in [5.41, 5.74) is 2.35. The summed E-state index contributed by atoms with van der Waals surface area (Å²) in [6.45, 7) is 7.04. The van der Waals surface area contributed by atoms with Crippen LogP contribution in [0.15, 0.2) is 54.6 Å². The summed E-state index contributed by atoms with van der Waals surface area (Å²) < 4.78 is 12.4. The number of ether oxygens (including phenoxy) is 2. The third-order valence-electron chi connectivity index (χ3n) is 4.92. The summed E-state index contributed by atoms with van der Waals surface area (Å²) in [6, 6.07) is 18.3. The van der Waals surface area contributed by atoms with Gasteiger partial charge in [0.2, 0.25) is 0 Å². The molecule has 1 saturated heterocycles. The molecule has 27 heavy (non-hydrogen) atoms. The number of nitrogens with zero attached hydrogens (tertiary/aromatic N) is 1. The zero-order valence-electron chi connectivity index (χ0n) is 16.3. The third kappa shape index (κ3) is 6.45. The first-order chi connectivity index (χ1) is 12.4. The summed E-state index contributed by atoms with van der Waals surface area (Å²) in [5.74, 6) is 0.787. The number of quaternary nitrogens is 1. The Morgan fingerprint density at radius 1 is 1.00 bits per heavy atom. The molecular weight excluding hydrogens is 453 g/mol. The summed E-state index contributed by atoms with van der Waals surface area (Å²) >= 11 is 0. The van der Waals surface area contributed by atoms with Crippen molar-refractivity contribution in [1.82, 2.24) is 0 Å². The molecule has 0 radical (unpaired) electrons. The van der Waals surface area contributed by atoms with Crippen LogP contribution in [0.3, 0.4) is 0 Å².